The zero-order valence-electron chi connectivity index (χ0n) is 20.1. The summed E-state index contributed by atoms with van der Waals surface area (Å²) < 4.78 is 69.2. The van der Waals surface area contributed by atoms with E-state index in [-0.39, 0.29) is 18.0 Å². The van der Waals surface area contributed by atoms with Gasteiger partial charge in [-0.3, -0.25) is 15.3 Å². The Labute approximate surface area is 209 Å². The van der Waals surface area contributed by atoms with E-state index < -0.39 is 28.8 Å². The van der Waals surface area contributed by atoms with Crippen molar-refractivity contribution in [3.8, 4) is 5.75 Å². The summed E-state index contributed by atoms with van der Waals surface area (Å²) in [4.78, 5) is 12.4. The molecule has 200 valence electrons. The Hall–Kier alpha value is -2.77. The zero-order chi connectivity index (χ0) is 26.6. The fourth-order valence-electron chi connectivity index (χ4n) is 3.43. The molecule has 0 radical (unpaired) electrons. The van der Waals surface area contributed by atoms with Crippen LogP contribution in [0.1, 0.15) is 37.7 Å². The van der Waals surface area contributed by atoms with E-state index in [9.17, 15) is 26.8 Å². The third-order valence-corrected chi connectivity index (χ3v) is 7.15. The predicted molar refractivity (Wildman–Crippen MR) is 128 cm³/mol. The summed E-state index contributed by atoms with van der Waals surface area (Å²) in [6.45, 7) is 4.55. The summed E-state index contributed by atoms with van der Waals surface area (Å²) in [6.07, 6.45) is 3.34. The van der Waals surface area contributed by atoms with Gasteiger partial charge in [0.05, 0.1) is 18.0 Å². The molecule has 1 N–H and O–H groups in total. The summed E-state index contributed by atoms with van der Waals surface area (Å²) in [5, 5.41) is 11.0. The second kappa shape index (κ2) is 14.1. The van der Waals surface area contributed by atoms with E-state index in [1.165, 1.54) is 22.8 Å². The first-order valence-electron chi connectivity index (χ1n) is 11.5. The Balaban J connectivity index is 1.95. The van der Waals surface area contributed by atoms with Gasteiger partial charge in [-0.2, -0.15) is 13.2 Å². The van der Waals surface area contributed by atoms with Crippen LogP contribution < -0.4 is 4.74 Å². The van der Waals surface area contributed by atoms with E-state index in [1.807, 2.05) is 6.92 Å². The topological polar surface area (TPSA) is 109 Å². The Morgan fingerprint density at radius 2 is 1.89 bits per heavy atom. The average Bonchev–Trinajstić information content (AvgIpc) is 2.85. The monoisotopic (exact) mass is 531 g/mol. The van der Waals surface area contributed by atoms with E-state index in [4.69, 9.17) is 0 Å². The van der Waals surface area contributed by atoms with Crippen LogP contribution in [-0.4, -0.2) is 75.6 Å². The van der Waals surface area contributed by atoms with Gasteiger partial charge in [-0.05, 0) is 43.9 Å². The highest BCUT2D eigenvalue weighted by atomic mass is 32.2. The molecule has 0 bridgehead atoms. The molecule has 2 heterocycles. The van der Waals surface area contributed by atoms with Crippen molar-refractivity contribution in [1.29, 1.82) is 0 Å². The fourth-order valence-corrected chi connectivity index (χ4v) is 5.31. The number of rotatable bonds is 16. The molecule has 0 aromatic carbocycles. The molecule has 0 aliphatic carbocycles. The number of hydrogen-bond acceptors (Lipinski definition) is 8. The molecule has 0 aliphatic heterocycles. The Morgan fingerprint density at radius 1 is 1.17 bits per heavy atom. The number of aromatic nitrogens is 3. The number of sulfonamides is 1. The second-order valence-electron chi connectivity index (χ2n) is 8.09. The summed E-state index contributed by atoms with van der Waals surface area (Å²) in [5.41, 5.74) is 0.608. The number of nitrogens with zero attached hydrogens (tertiary/aromatic N) is 5. The van der Waals surface area contributed by atoms with Gasteiger partial charge in [0.15, 0.2) is 6.61 Å². The van der Waals surface area contributed by atoms with Crippen LogP contribution in [0, 0.1) is 0 Å². The molecule has 0 aliphatic rings. The van der Waals surface area contributed by atoms with Gasteiger partial charge in [0.1, 0.15) is 11.6 Å². The summed E-state index contributed by atoms with van der Waals surface area (Å²) in [5.74, 6) is 0.241. The molecule has 2 aromatic heterocycles. The van der Waals surface area contributed by atoms with Gasteiger partial charge >= 0.3 is 6.18 Å². The van der Waals surface area contributed by atoms with Gasteiger partial charge in [0.25, 0.3) is 0 Å². The van der Waals surface area contributed by atoms with E-state index in [2.05, 4.69) is 26.3 Å². The standard InChI is InChI=1S/C23H32F3N5O4S/c1-3-14-30(15-5-7-19-8-10-21(16-29-19)35-18-23(24,25)26)36(33,34)17-20(31(32)4-2)9-11-22-27-12-6-13-28-22/h4,6,8,10,12-13,16,20,32H,2-3,5,7,9,11,14-15,17-18H2,1H3. The van der Waals surface area contributed by atoms with E-state index in [0.717, 1.165) is 5.06 Å². The molecule has 36 heavy (non-hydrogen) atoms. The molecule has 13 heteroatoms. The molecule has 0 amide bonds. The van der Waals surface area contributed by atoms with E-state index in [1.54, 1.807) is 24.5 Å². The van der Waals surface area contributed by atoms with Crippen LogP contribution in [0.4, 0.5) is 13.2 Å². The SMILES string of the molecule is C=CN(O)C(CCc1ncccn1)CS(=O)(=O)N(CCC)CCCc1ccc(OCC(F)(F)F)cn1. The van der Waals surface area contributed by atoms with Gasteiger partial charge in [0.2, 0.25) is 10.0 Å². The largest absolute Gasteiger partial charge is 0.483 e. The zero-order valence-corrected chi connectivity index (χ0v) is 21.0. The van der Waals surface area contributed by atoms with Crippen molar-refractivity contribution in [3.05, 3.63) is 61.1 Å². The number of aryl methyl sites for hydroxylation is 2. The quantitative estimate of drug-likeness (QED) is 0.327. The Morgan fingerprint density at radius 3 is 2.47 bits per heavy atom. The van der Waals surface area contributed by atoms with E-state index >= 15 is 0 Å². The van der Waals surface area contributed by atoms with Crippen LogP contribution in [0.3, 0.4) is 0 Å². The number of alkyl halides is 3. The first-order chi connectivity index (χ1) is 17.0. The molecule has 1 unspecified atom stereocenters. The summed E-state index contributed by atoms with van der Waals surface area (Å²) in [6, 6.07) is 3.91. The highest BCUT2D eigenvalue weighted by Crippen LogP contribution is 2.19. The van der Waals surface area contributed by atoms with Gasteiger partial charge in [0, 0.05) is 43.8 Å². The molecular formula is C23H32F3N5O4S. The normalized spacial score (nSPS) is 12.9. The number of halogens is 3. The Kier molecular flexibility index (Phi) is 11.5. The lowest BCUT2D eigenvalue weighted by Crippen LogP contribution is -2.42. The predicted octanol–water partition coefficient (Wildman–Crippen LogP) is 3.62. The van der Waals surface area contributed by atoms with Crippen molar-refractivity contribution in [2.24, 2.45) is 0 Å². The molecule has 2 rings (SSSR count). The molecule has 1 atom stereocenters. The minimum absolute atomic E-state index is 0.00832. The van der Waals surface area contributed by atoms with Crippen molar-refractivity contribution in [3.63, 3.8) is 0 Å². The first kappa shape index (κ1) is 29.5. The lowest BCUT2D eigenvalue weighted by atomic mass is 10.1. The van der Waals surface area contributed by atoms with Crippen molar-refractivity contribution < 1.29 is 31.5 Å². The minimum atomic E-state index is -4.43. The molecule has 0 saturated heterocycles. The lowest BCUT2D eigenvalue weighted by Gasteiger charge is -2.28. The molecule has 9 nitrogen and oxygen atoms in total. The first-order valence-corrected chi connectivity index (χ1v) is 13.1. The van der Waals surface area contributed by atoms with Gasteiger partial charge < -0.3 is 4.74 Å². The lowest BCUT2D eigenvalue weighted by molar-refractivity contribution is -0.153. The highest BCUT2D eigenvalue weighted by Gasteiger charge is 2.29. The maximum atomic E-state index is 13.2. The second-order valence-corrected chi connectivity index (χ2v) is 10.1. The molecule has 0 saturated carbocycles. The van der Waals surface area contributed by atoms with Crippen molar-refractivity contribution in [2.75, 3.05) is 25.4 Å². The number of pyridine rings is 1. The van der Waals surface area contributed by atoms with Crippen LogP contribution in [-0.2, 0) is 22.9 Å². The smallest absolute Gasteiger partial charge is 0.422 e. The van der Waals surface area contributed by atoms with Crippen LogP contribution >= 0.6 is 0 Å². The number of hydroxylamine groups is 2. The maximum Gasteiger partial charge on any atom is 0.422 e. The van der Waals surface area contributed by atoms with Crippen LogP contribution in [0.15, 0.2) is 49.6 Å². The summed E-state index contributed by atoms with van der Waals surface area (Å²) >= 11 is 0. The molecule has 0 spiro atoms. The number of ether oxygens (including phenoxy) is 1. The summed E-state index contributed by atoms with van der Waals surface area (Å²) in [7, 11) is -3.73. The third-order valence-electron chi connectivity index (χ3n) is 5.19. The highest BCUT2D eigenvalue weighted by molar-refractivity contribution is 7.89. The van der Waals surface area contributed by atoms with Crippen LogP contribution in [0.25, 0.3) is 0 Å². The van der Waals surface area contributed by atoms with Crippen molar-refractivity contribution >= 4 is 10.0 Å². The third kappa shape index (κ3) is 10.5. The van der Waals surface area contributed by atoms with Crippen LogP contribution in [0.2, 0.25) is 0 Å². The van der Waals surface area contributed by atoms with Crippen molar-refractivity contribution in [1.82, 2.24) is 24.3 Å². The molecular weight excluding hydrogens is 499 g/mol. The average molecular weight is 532 g/mol. The van der Waals surface area contributed by atoms with Gasteiger partial charge in [-0.25, -0.2) is 22.7 Å². The fraction of sp³-hybridized carbons (Fsp3) is 0.522. The molecule has 2 aromatic rings. The van der Waals surface area contributed by atoms with Crippen molar-refractivity contribution in [2.45, 2.75) is 51.2 Å². The Bertz CT molecular complexity index is 1020. The number of hydrogen-bond donors (Lipinski definition) is 1. The maximum absolute atomic E-state index is 13.2. The van der Waals surface area contributed by atoms with Gasteiger partial charge in [-0.1, -0.05) is 13.5 Å². The minimum Gasteiger partial charge on any atom is -0.483 e. The molecule has 0 fully saturated rings. The van der Waals surface area contributed by atoms with Gasteiger partial charge in [-0.15, -0.1) is 0 Å². The van der Waals surface area contributed by atoms with Crippen LogP contribution in [0.5, 0.6) is 5.75 Å². The van der Waals surface area contributed by atoms with E-state index in [0.29, 0.717) is 50.2 Å².